The number of alkyl halides is 3. The molecule has 15 heteroatoms. The lowest BCUT2D eigenvalue weighted by molar-refractivity contribution is -0.137. The van der Waals surface area contributed by atoms with Crippen molar-refractivity contribution in [3.05, 3.63) is 17.8 Å². The Morgan fingerprint density at radius 3 is 2.16 bits per heavy atom. The molecule has 3 aliphatic heterocycles. The number of nitrogens with one attached hydrogen (secondary N) is 2. The van der Waals surface area contributed by atoms with Gasteiger partial charge in [-0.15, -0.1) is 0 Å². The van der Waals surface area contributed by atoms with E-state index < -0.39 is 17.6 Å². The topological polar surface area (TPSA) is 121 Å². The van der Waals surface area contributed by atoms with E-state index in [-0.39, 0.29) is 23.8 Å². The molecular formula is C23H30F3N9O3. The van der Waals surface area contributed by atoms with Gasteiger partial charge in [0.05, 0.1) is 44.1 Å². The van der Waals surface area contributed by atoms with Crippen molar-refractivity contribution in [1.82, 2.24) is 30.2 Å². The zero-order valence-corrected chi connectivity index (χ0v) is 20.8. The standard InChI is InChI=1S/C23H30F3N9O3/c24-23(25,26)17-13-18(29-19(36)15-33-5-9-37-10-6-33)28-14-16(17)20-30-21(34-3-1-27-2-4-34)32-22(31-20)35-7-11-38-12-8-35/h13-14,27H,1-12,15H2,(H,28,29,36). The number of aromatic nitrogens is 4. The van der Waals surface area contributed by atoms with Gasteiger partial charge in [0.1, 0.15) is 5.82 Å². The minimum Gasteiger partial charge on any atom is -0.379 e. The van der Waals surface area contributed by atoms with Gasteiger partial charge >= 0.3 is 6.18 Å². The predicted octanol–water partition coefficient (Wildman–Crippen LogP) is 0.469. The molecule has 5 heterocycles. The number of piperazine rings is 1. The van der Waals surface area contributed by atoms with Crippen LogP contribution in [0.5, 0.6) is 0 Å². The maximum Gasteiger partial charge on any atom is 0.417 e. The molecule has 5 rings (SSSR count). The number of morpholine rings is 2. The second-order valence-electron chi connectivity index (χ2n) is 9.15. The first-order valence-electron chi connectivity index (χ1n) is 12.6. The average Bonchev–Trinajstić information content (AvgIpc) is 2.94. The van der Waals surface area contributed by atoms with E-state index in [1.54, 1.807) is 0 Å². The first-order chi connectivity index (χ1) is 18.4. The quantitative estimate of drug-likeness (QED) is 0.535. The smallest absolute Gasteiger partial charge is 0.379 e. The third-order valence-electron chi connectivity index (χ3n) is 6.49. The van der Waals surface area contributed by atoms with Crippen molar-refractivity contribution in [2.45, 2.75) is 6.18 Å². The van der Waals surface area contributed by atoms with Crippen LogP contribution in [-0.2, 0) is 20.4 Å². The number of rotatable bonds is 6. The number of amides is 1. The van der Waals surface area contributed by atoms with Crippen molar-refractivity contribution in [2.24, 2.45) is 0 Å². The van der Waals surface area contributed by atoms with Gasteiger partial charge in [-0.25, -0.2) is 4.98 Å². The number of hydrogen-bond acceptors (Lipinski definition) is 11. The van der Waals surface area contributed by atoms with Gasteiger partial charge in [-0.05, 0) is 6.07 Å². The SMILES string of the molecule is O=C(CN1CCOCC1)Nc1cc(C(F)(F)F)c(-c2nc(N3CCNCC3)nc(N3CCOCC3)n2)cn1. The Hall–Kier alpha value is -3.14. The Morgan fingerprint density at radius 1 is 0.921 bits per heavy atom. The van der Waals surface area contributed by atoms with Gasteiger partial charge < -0.3 is 29.9 Å². The minimum atomic E-state index is -4.73. The van der Waals surface area contributed by atoms with Crippen LogP contribution in [0.4, 0.5) is 30.9 Å². The summed E-state index contributed by atoms with van der Waals surface area (Å²) in [7, 11) is 0. The van der Waals surface area contributed by atoms with Crippen LogP contribution in [0.15, 0.2) is 12.3 Å². The van der Waals surface area contributed by atoms with E-state index in [1.807, 2.05) is 14.7 Å². The van der Waals surface area contributed by atoms with Crippen LogP contribution in [0.1, 0.15) is 5.56 Å². The van der Waals surface area contributed by atoms with Crippen molar-refractivity contribution < 1.29 is 27.4 Å². The second kappa shape index (κ2) is 11.7. The number of carbonyl (C=O) groups excluding carboxylic acids is 1. The van der Waals surface area contributed by atoms with Gasteiger partial charge in [0.25, 0.3) is 0 Å². The second-order valence-corrected chi connectivity index (χ2v) is 9.15. The summed E-state index contributed by atoms with van der Waals surface area (Å²) >= 11 is 0. The van der Waals surface area contributed by atoms with Crippen molar-refractivity contribution >= 4 is 23.6 Å². The summed E-state index contributed by atoms with van der Waals surface area (Å²) in [5.74, 6) is -0.155. The van der Waals surface area contributed by atoms with Gasteiger partial charge in [0.2, 0.25) is 17.8 Å². The predicted molar refractivity (Wildman–Crippen MR) is 132 cm³/mol. The van der Waals surface area contributed by atoms with Crippen molar-refractivity contribution in [3.8, 4) is 11.4 Å². The highest BCUT2D eigenvalue weighted by atomic mass is 19.4. The molecule has 0 saturated carbocycles. The van der Waals surface area contributed by atoms with Crippen LogP contribution in [-0.4, -0.2) is 116 Å². The zero-order chi connectivity index (χ0) is 26.5. The molecule has 0 aliphatic carbocycles. The summed E-state index contributed by atoms with van der Waals surface area (Å²) in [6.07, 6.45) is -3.67. The molecule has 3 aliphatic rings. The Morgan fingerprint density at radius 2 is 1.53 bits per heavy atom. The Labute approximate surface area is 217 Å². The third kappa shape index (κ3) is 6.46. The summed E-state index contributed by atoms with van der Waals surface area (Å²) in [5.41, 5.74) is -1.27. The lowest BCUT2D eigenvalue weighted by Crippen LogP contribution is -2.44. The highest BCUT2D eigenvalue weighted by Gasteiger charge is 2.36. The van der Waals surface area contributed by atoms with E-state index in [1.165, 1.54) is 0 Å². The van der Waals surface area contributed by atoms with E-state index in [2.05, 4.69) is 30.6 Å². The van der Waals surface area contributed by atoms with Crippen molar-refractivity contribution in [2.75, 3.05) is 100 Å². The fourth-order valence-corrected chi connectivity index (χ4v) is 4.47. The van der Waals surface area contributed by atoms with Gasteiger partial charge in [-0.3, -0.25) is 9.69 Å². The van der Waals surface area contributed by atoms with E-state index >= 15 is 0 Å². The minimum absolute atomic E-state index is 0.0402. The largest absolute Gasteiger partial charge is 0.417 e. The van der Waals surface area contributed by atoms with E-state index in [9.17, 15) is 18.0 Å². The highest BCUT2D eigenvalue weighted by molar-refractivity contribution is 5.91. The number of pyridine rings is 1. The normalized spacial score (nSPS) is 19.4. The van der Waals surface area contributed by atoms with Crippen LogP contribution in [0.3, 0.4) is 0 Å². The van der Waals surface area contributed by atoms with Gasteiger partial charge in [-0.1, -0.05) is 0 Å². The molecule has 2 aromatic rings. The summed E-state index contributed by atoms with van der Waals surface area (Å²) in [5, 5.41) is 5.73. The number of ether oxygens (including phenoxy) is 2. The molecule has 3 saturated heterocycles. The number of nitrogens with zero attached hydrogens (tertiary/aromatic N) is 7. The first kappa shape index (κ1) is 26.5. The molecule has 206 valence electrons. The summed E-state index contributed by atoms with van der Waals surface area (Å²) in [6.45, 7) is 6.83. The molecule has 0 aromatic carbocycles. The van der Waals surface area contributed by atoms with Gasteiger partial charge in [-0.2, -0.15) is 28.1 Å². The van der Waals surface area contributed by atoms with Crippen molar-refractivity contribution in [3.63, 3.8) is 0 Å². The molecule has 2 aromatic heterocycles. The fraction of sp³-hybridized carbons (Fsp3) is 0.609. The Balaban J connectivity index is 1.46. The average molecular weight is 538 g/mol. The number of hydrogen-bond donors (Lipinski definition) is 2. The summed E-state index contributed by atoms with van der Waals surface area (Å²) in [6, 6.07) is 0.829. The van der Waals surface area contributed by atoms with Crippen LogP contribution >= 0.6 is 0 Å². The maximum absolute atomic E-state index is 14.3. The molecule has 0 radical (unpaired) electrons. The summed E-state index contributed by atoms with van der Waals surface area (Å²) < 4.78 is 53.4. The first-order valence-corrected chi connectivity index (χ1v) is 12.6. The third-order valence-corrected chi connectivity index (χ3v) is 6.49. The van der Waals surface area contributed by atoms with Crippen LogP contribution in [0.2, 0.25) is 0 Å². The molecule has 0 bridgehead atoms. The molecule has 2 N–H and O–H groups in total. The van der Waals surface area contributed by atoms with E-state index in [0.717, 1.165) is 12.3 Å². The van der Waals surface area contributed by atoms with Crippen molar-refractivity contribution in [1.29, 1.82) is 0 Å². The lowest BCUT2D eigenvalue weighted by Gasteiger charge is -2.30. The maximum atomic E-state index is 14.3. The number of carbonyl (C=O) groups is 1. The molecular weight excluding hydrogens is 507 g/mol. The molecule has 0 unspecified atom stereocenters. The highest BCUT2D eigenvalue weighted by Crippen LogP contribution is 2.37. The molecule has 0 atom stereocenters. The Kier molecular flexibility index (Phi) is 8.16. The van der Waals surface area contributed by atoms with E-state index in [4.69, 9.17) is 9.47 Å². The van der Waals surface area contributed by atoms with Crippen LogP contribution in [0, 0.1) is 0 Å². The molecule has 0 spiro atoms. The molecule has 3 fully saturated rings. The van der Waals surface area contributed by atoms with E-state index in [0.29, 0.717) is 90.7 Å². The fourth-order valence-electron chi connectivity index (χ4n) is 4.47. The van der Waals surface area contributed by atoms with Gasteiger partial charge in [0, 0.05) is 58.6 Å². The van der Waals surface area contributed by atoms with Gasteiger partial charge in [0.15, 0.2) is 5.82 Å². The number of anilines is 3. The van der Waals surface area contributed by atoms with Crippen LogP contribution < -0.4 is 20.4 Å². The summed E-state index contributed by atoms with van der Waals surface area (Å²) in [4.78, 5) is 35.7. The zero-order valence-electron chi connectivity index (χ0n) is 20.8. The molecule has 1 amide bonds. The molecule has 38 heavy (non-hydrogen) atoms. The van der Waals surface area contributed by atoms with Crippen LogP contribution in [0.25, 0.3) is 11.4 Å². The lowest BCUT2D eigenvalue weighted by atomic mass is 10.1. The Bertz CT molecular complexity index is 1080. The number of halogens is 3. The molecule has 12 nitrogen and oxygen atoms in total. The monoisotopic (exact) mass is 537 g/mol.